The molecule has 19 heavy (non-hydrogen) atoms. The minimum Gasteiger partial charge on any atom is -0.491 e. The van der Waals surface area contributed by atoms with Crippen molar-refractivity contribution in [3.63, 3.8) is 0 Å². The Morgan fingerprint density at radius 1 is 1.37 bits per heavy atom. The highest BCUT2D eigenvalue weighted by Gasteiger charge is 2.05. The van der Waals surface area contributed by atoms with Gasteiger partial charge in [-0.1, -0.05) is 6.92 Å². The van der Waals surface area contributed by atoms with E-state index in [-0.39, 0.29) is 11.6 Å². The molecule has 0 unspecified atom stereocenters. The highest BCUT2D eigenvalue weighted by molar-refractivity contribution is 7.09. The van der Waals surface area contributed by atoms with E-state index in [0.717, 1.165) is 22.8 Å². The number of halogens is 1. The lowest BCUT2D eigenvalue weighted by Crippen LogP contribution is -2.01. The Bertz CT molecular complexity index is 542. The van der Waals surface area contributed by atoms with Gasteiger partial charge in [-0.25, -0.2) is 9.37 Å². The molecule has 1 heterocycles. The summed E-state index contributed by atoms with van der Waals surface area (Å²) in [6.45, 7) is 4.98. The fraction of sp³-hybridized carbons (Fsp3) is 0.357. The van der Waals surface area contributed by atoms with Gasteiger partial charge in [0.25, 0.3) is 0 Å². The van der Waals surface area contributed by atoms with E-state index in [1.165, 1.54) is 6.07 Å². The zero-order valence-electron chi connectivity index (χ0n) is 11.1. The Labute approximate surface area is 116 Å². The molecule has 0 radical (unpaired) electrons. The van der Waals surface area contributed by atoms with Crippen LogP contribution in [0.2, 0.25) is 0 Å². The van der Waals surface area contributed by atoms with Crippen molar-refractivity contribution < 1.29 is 9.13 Å². The van der Waals surface area contributed by atoms with Gasteiger partial charge in [0.2, 0.25) is 0 Å². The summed E-state index contributed by atoms with van der Waals surface area (Å²) in [4.78, 5) is 4.45. The smallest absolute Gasteiger partial charge is 0.167 e. The monoisotopic (exact) mass is 280 g/mol. The normalized spacial score (nSPS) is 10.5. The van der Waals surface area contributed by atoms with E-state index >= 15 is 0 Å². The molecule has 0 aliphatic carbocycles. The van der Waals surface area contributed by atoms with E-state index < -0.39 is 0 Å². The molecule has 0 bridgehead atoms. The number of nitrogens with zero attached hydrogens (tertiary/aromatic N) is 1. The van der Waals surface area contributed by atoms with Gasteiger partial charge in [0.1, 0.15) is 0 Å². The number of hydrogen-bond donors (Lipinski definition) is 1. The van der Waals surface area contributed by atoms with Gasteiger partial charge in [-0.05, 0) is 25.5 Å². The summed E-state index contributed by atoms with van der Waals surface area (Å²) in [5, 5.41) is 6.30. The third kappa shape index (κ3) is 3.67. The van der Waals surface area contributed by atoms with Crippen molar-refractivity contribution in [3.05, 3.63) is 40.1 Å². The largest absolute Gasteiger partial charge is 0.491 e. The van der Waals surface area contributed by atoms with Crippen molar-refractivity contribution in [1.82, 2.24) is 4.98 Å². The predicted octanol–water partition coefficient (Wildman–Crippen LogP) is 3.86. The fourth-order valence-corrected chi connectivity index (χ4v) is 2.41. The van der Waals surface area contributed by atoms with Crippen LogP contribution in [0.3, 0.4) is 0 Å². The number of aryl methyl sites for hydroxylation is 1. The Morgan fingerprint density at radius 3 is 2.84 bits per heavy atom. The molecular formula is C14H17FN2OS. The van der Waals surface area contributed by atoms with Crippen LogP contribution in [-0.2, 0) is 13.0 Å². The van der Waals surface area contributed by atoms with E-state index in [0.29, 0.717) is 13.2 Å². The third-order valence-electron chi connectivity index (χ3n) is 2.61. The summed E-state index contributed by atoms with van der Waals surface area (Å²) in [5.74, 6) is -0.0608. The van der Waals surface area contributed by atoms with Crippen LogP contribution in [0.15, 0.2) is 23.6 Å². The number of anilines is 1. The SMILES string of the molecule is CCOc1ccc(NCc2csc(CC)n2)cc1F. The summed E-state index contributed by atoms with van der Waals surface area (Å²) in [6, 6.07) is 4.89. The van der Waals surface area contributed by atoms with E-state index in [9.17, 15) is 4.39 Å². The van der Waals surface area contributed by atoms with Crippen LogP contribution in [0, 0.1) is 5.82 Å². The number of rotatable bonds is 6. The van der Waals surface area contributed by atoms with Crippen molar-refractivity contribution in [3.8, 4) is 5.75 Å². The Morgan fingerprint density at radius 2 is 2.21 bits per heavy atom. The van der Waals surface area contributed by atoms with Crippen molar-refractivity contribution >= 4 is 17.0 Å². The lowest BCUT2D eigenvalue weighted by molar-refractivity contribution is 0.321. The van der Waals surface area contributed by atoms with Crippen LogP contribution in [0.5, 0.6) is 5.75 Å². The predicted molar refractivity (Wildman–Crippen MR) is 76.4 cm³/mol. The Balaban J connectivity index is 1.97. The molecule has 3 nitrogen and oxygen atoms in total. The lowest BCUT2D eigenvalue weighted by Gasteiger charge is -2.08. The maximum absolute atomic E-state index is 13.6. The summed E-state index contributed by atoms with van der Waals surface area (Å²) in [6.07, 6.45) is 0.947. The lowest BCUT2D eigenvalue weighted by atomic mass is 10.3. The quantitative estimate of drug-likeness (QED) is 0.872. The number of aromatic nitrogens is 1. The van der Waals surface area contributed by atoms with Crippen LogP contribution in [-0.4, -0.2) is 11.6 Å². The van der Waals surface area contributed by atoms with Crippen molar-refractivity contribution in [2.45, 2.75) is 26.8 Å². The molecule has 1 aromatic carbocycles. The highest BCUT2D eigenvalue weighted by atomic mass is 32.1. The molecule has 0 amide bonds. The topological polar surface area (TPSA) is 34.1 Å². The van der Waals surface area contributed by atoms with Gasteiger partial charge in [-0.2, -0.15) is 0 Å². The molecule has 0 fully saturated rings. The number of thiazole rings is 1. The van der Waals surface area contributed by atoms with Gasteiger partial charge >= 0.3 is 0 Å². The van der Waals surface area contributed by atoms with Crippen LogP contribution in [0.1, 0.15) is 24.5 Å². The van der Waals surface area contributed by atoms with E-state index in [1.807, 2.05) is 12.3 Å². The zero-order chi connectivity index (χ0) is 13.7. The Kier molecular flexibility index (Phi) is 4.74. The van der Waals surface area contributed by atoms with E-state index in [2.05, 4.69) is 17.2 Å². The van der Waals surface area contributed by atoms with Crippen LogP contribution in [0.4, 0.5) is 10.1 Å². The molecular weight excluding hydrogens is 263 g/mol. The average molecular weight is 280 g/mol. The second-order valence-corrected chi connectivity index (χ2v) is 4.96. The van der Waals surface area contributed by atoms with Gasteiger partial charge in [0, 0.05) is 17.1 Å². The summed E-state index contributed by atoms with van der Waals surface area (Å²) in [7, 11) is 0. The fourth-order valence-electron chi connectivity index (χ4n) is 1.67. The molecule has 1 N–H and O–H groups in total. The average Bonchev–Trinajstić information content (AvgIpc) is 2.87. The second-order valence-electron chi connectivity index (χ2n) is 4.02. The molecule has 0 aliphatic rings. The van der Waals surface area contributed by atoms with Crippen LogP contribution < -0.4 is 10.1 Å². The number of ether oxygens (including phenoxy) is 1. The minimum atomic E-state index is -0.348. The molecule has 5 heteroatoms. The van der Waals surface area contributed by atoms with Gasteiger partial charge < -0.3 is 10.1 Å². The third-order valence-corrected chi connectivity index (χ3v) is 3.65. The van der Waals surface area contributed by atoms with E-state index in [4.69, 9.17) is 4.74 Å². The highest BCUT2D eigenvalue weighted by Crippen LogP contribution is 2.21. The molecule has 102 valence electrons. The van der Waals surface area contributed by atoms with Gasteiger partial charge in [-0.3, -0.25) is 0 Å². The molecule has 2 aromatic rings. The first-order valence-corrected chi connectivity index (χ1v) is 7.20. The molecule has 0 aliphatic heterocycles. The maximum atomic E-state index is 13.6. The van der Waals surface area contributed by atoms with Crippen LogP contribution in [0.25, 0.3) is 0 Å². The van der Waals surface area contributed by atoms with Crippen molar-refractivity contribution in [2.75, 3.05) is 11.9 Å². The number of nitrogens with one attached hydrogen (secondary N) is 1. The molecule has 1 aromatic heterocycles. The first kappa shape index (κ1) is 13.8. The van der Waals surface area contributed by atoms with Crippen molar-refractivity contribution in [2.24, 2.45) is 0 Å². The van der Waals surface area contributed by atoms with Gasteiger partial charge in [0.05, 0.1) is 23.9 Å². The van der Waals surface area contributed by atoms with Crippen LogP contribution >= 0.6 is 11.3 Å². The molecule has 0 saturated heterocycles. The van der Waals surface area contributed by atoms with Gasteiger partial charge in [0.15, 0.2) is 11.6 Å². The summed E-state index contributed by atoms with van der Waals surface area (Å²) >= 11 is 1.65. The minimum absolute atomic E-state index is 0.287. The molecule has 0 spiro atoms. The zero-order valence-corrected chi connectivity index (χ0v) is 11.9. The van der Waals surface area contributed by atoms with Crippen molar-refractivity contribution in [1.29, 1.82) is 0 Å². The van der Waals surface area contributed by atoms with E-state index in [1.54, 1.807) is 23.5 Å². The first-order valence-electron chi connectivity index (χ1n) is 6.32. The molecule has 2 rings (SSSR count). The summed E-state index contributed by atoms with van der Waals surface area (Å²) < 4.78 is 18.8. The number of hydrogen-bond acceptors (Lipinski definition) is 4. The molecule has 0 saturated carbocycles. The first-order chi connectivity index (χ1) is 9.22. The van der Waals surface area contributed by atoms with Gasteiger partial charge in [-0.15, -0.1) is 11.3 Å². The maximum Gasteiger partial charge on any atom is 0.167 e. The second kappa shape index (κ2) is 6.52. The Hall–Kier alpha value is -1.62. The standard InChI is InChI=1S/C14H17FN2OS/c1-3-14-17-11(9-19-14)8-16-10-5-6-13(18-4-2)12(15)7-10/h5-7,9,16H,3-4,8H2,1-2H3. The number of benzene rings is 1. The summed E-state index contributed by atoms with van der Waals surface area (Å²) in [5.41, 5.74) is 1.71. The molecule has 0 atom stereocenters.